The average Bonchev–Trinajstić information content (AvgIpc) is 3.36. The van der Waals surface area contributed by atoms with Crippen LogP contribution >= 0.6 is 11.6 Å². The van der Waals surface area contributed by atoms with Crippen LogP contribution in [-0.4, -0.2) is 49.9 Å². The number of piperidine rings is 1. The number of halogens is 4. The second-order valence-electron chi connectivity index (χ2n) is 9.29. The van der Waals surface area contributed by atoms with E-state index in [9.17, 15) is 18.3 Å². The predicted molar refractivity (Wildman–Crippen MR) is 118 cm³/mol. The van der Waals surface area contributed by atoms with Crippen molar-refractivity contribution in [1.29, 1.82) is 0 Å². The fourth-order valence-electron chi connectivity index (χ4n) is 4.85. The molecular weight excluding hydrogens is 457 g/mol. The molecule has 0 unspecified atom stereocenters. The second kappa shape index (κ2) is 8.83. The number of likely N-dealkylation sites (tertiary alicyclic amines) is 1. The molecule has 2 aliphatic rings. The number of rotatable bonds is 5. The summed E-state index contributed by atoms with van der Waals surface area (Å²) in [6, 6.07) is 3.51. The molecule has 2 aromatic heterocycles. The number of nitrogens with zero attached hydrogens (tertiary/aromatic N) is 4. The van der Waals surface area contributed by atoms with Gasteiger partial charge in [0.2, 0.25) is 23.5 Å². The predicted octanol–water partition coefficient (Wildman–Crippen LogP) is 5.81. The van der Waals surface area contributed by atoms with Gasteiger partial charge in [-0.05, 0) is 43.7 Å². The lowest BCUT2D eigenvalue weighted by atomic mass is 9.87. The summed E-state index contributed by atoms with van der Waals surface area (Å²) in [6.07, 6.45) is 2.69. The Kier molecular flexibility index (Phi) is 6.03. The molecule has 10 heteroatoms. The zero-order valence-electron chi connectivity index (χ0n) is 18.1. The lowest BCUT2D eigenvalue weighted by Gasteiger charge is -2.28. The van der Waals surface area contributed by atoms with Crippen molar-refractivity contribution in [2.24, 2.45) is 5.92 Å². The van der Waals surface area contributed by atoms with E-state index in [-0.39, 0.29) is 24.6 Å². The van der Waals surface area contributed by atoms with Crippen LogP contribution in [0.15, 0.2) is 22.9 Å². The molecule has 3 heterocycles. The highest BCUT2D eigenvalue weighted by atomic mass is 35.5. The molecule has 1 saturated carbocycles. The molecule has 1 aliphatic heterocycles. The quantitative estimate of drug-likeness (QED) is 0.497. The van der Waals surface area contributed by atoms with Gasteiger partial charge in [0.05, 0.1) is 17.0 Å². The van der Waals surface area contributed by atoms with Crippen LogP contribution in [0.4, 0.5) is 13.2 Å². The molecule has 0 atom stereocenters. The van der Waals surface area contributed by atoms with Gasteiger partial charge in [-0.25, -0.2) is 13.2 Å². The Morgan fingerprint density at radius 2 is 1.88 bits per heavy atom. The molecule has 0 radical (unpaired) electrons. The summed E-state index contributed by atoms with van der Waals surface area (Å²) in [5, 5.41) is 16.4. The van der Waals surface area contributed by atoms with E-state index in [1.165, 1.54) is 0 Å². The first-order valence-electron chi connectivity index (χ1n) is 11.4. The minimum absolute atomic E-state index is 0.0314. The van der Waals surface area contributed by atoms with Crippen molar-refractivity contribution in [3.05, 3.63) is 29.2 Å². The topological polar surface area (TPSA) is 67.3 Å². The Morgan fingerprint density at radius 1 is 1.15 bits per heavy atom. The summed E-state index contributed by atoms with van der Waals surface area (Å²) in [4.78, 5) is 6.55. The van der Waals surface area contributed by atoms with E-state index in [2.05, 4.69) is 15.0 Å². The SMILES string of the molecule is Oc1c2c(Cl)cc(-c3noc(CN4CCC(F)CC4)n3)cc2cn1CC1CCC(F)(F)CC1. The minimum atomic E-state index is -2.58. The summed E-state index contributed by atoms with van der Waals surface area (Å²) in [7, 11) is 0. The molecule has 0 bridgehead atoms. The third-order valence-electron chi connectivity index (χ3n) is 6.81. The number of aromatic nitrogens is 3. The van der Waals surface area contributed by atoms with Gasteiger partial charge in [-0.1, -0.05) is 16.8 Å². The van der Waals surface area contributed by atoms with E-state index in [4.69, 9.17) is 16.1 Å². The van der Waals surface area contributed by atoms with Gasteiger partial charge in [0.25, 0.3) is 0 Å². The van der Waals surface area contributed by atoms with Crippen LogP contribution < -0.4 is 0 Å². The molecule has 2 fully saturated rings. The summed E-state index contributed by atoms with van der Waals surface area (Å²) in [5.74, 6) is -1.63. The first-order valence-corrected chi connectivity index (χ1v) is 11.7. The van der Waals surface area contributed by atoms with E-state index >= 15 is 0 Å². The Hall–Kier alpha value is -2.26. The standard InChI is InChI=1S/C23H26ClF3N4O2/c24-18-10-15(21-28-19(33-29-21)13-30-7-3-17(25)4-8-30)9-16-12-31(22(32)20(16)18)11-14-1-5-23(26,27)6-2-14/h9-10,12,14,17,32H,1-8,11,13H2. The zero-order chi connectivity index (χ0) is 23.2. The van der Waals surface area contributed by atoms with Crippen molar-refractivity contribution in [3.8, 4) is 17.3 Å². The lowest BCUT2D eigenvalue weighted by molar-refractivity contribution is -0.0474. The van der Waals surface area contributed by atoms with Gasteiger partial charge in [-0.2, -0.15) is 4.98 Å². The molecule has 1 aromatic carbocycles. The summed E-state index contributed by atoms with van der Waals surface area (Å²) in [5.41, 5.74) is 0.652. The van der Waals surface area contributed by atoms with Crippen LogP contribution in [0.1, 0.15) is 44.4 Å². The number of hydrogen-bond acceptors (Lipinski definition) is 5. The summed E-state index contributed by atoms with van der Waals surface area (Å²) < 4.78 is 47.3. The third-order valence-corrected chi connectivity index (χ3v) is 7.10. The molecule has 5 rings (SSSR count). The van der Waals surface area contributed by atoms with Crippen LogP contribution in [0, 0.1) is 5.92 Å². The van der Waals surface area contributed by atoms with Crippen LogP contribution in [0.3, 0.4) is 0 Å². The van der Waals surface area contributed by atoms with Crippen molar-refractivity contribution in [2.75, 3.05) is 13.1 Å². The number of aromatic hydroxyl groups is 1. The van der Waals surface area contributed by atoms with Gasteiger partial charge in [-0.15, -0.1) is 0 Å². The maximum absolute atomic E-state index is 13.5. The molecular formula is C23H26ClF3N4O2. The highest BCUT2D eigenvalue weighted by Gasteiger charge is 2.35. The van der Waals surface area contributed by atoms with E-state index in [0.29, 0.717) is 84.9 Å². The smallest absolute Gasteiger partial charge is 0.248 e. The fourth-order valence-corrected chi connectivity index (χ4v) is 5.17. The van der Waals surface area contributed by atoms with E-state index < -0.39 is 12.1 Å². The largest absolute Gasteiger partial charge is 0.494 e. The highest BCUT2D eigenvalue weighted by Crippen LogP contribution is 2.40. The van der Waals surface area contributed by atoms with Gasteiger partial charge in [-0.3, -0.25) is 4.90 Å². The first kappa shape index (κ1) is 22.5. The number of benzene rings is 1. The Labute approximate surface area is 194 Å². The number of hydrogen-bond donors (Lipinski definition) is 1. The lowest BCUT2D eigenvalue weighted by Crippen LogP contribution is -2.33. The van der Waals surface area contributed by atoms with Crippen LogP contribution in [0.5, 0.6) is 5.88 Å². The van der Waals surface area contributed by atoms with Crippen molar-refractivity contribution < 1.29 is 22.8 Å². The van der Waals surface area contributed by atoms with Crippen LogP contribution in [-0.2, 0) is 13.1 Å². The molecule has 6 nitrogen and oxygen atoms in total. The van der Waals surface area contributed by atoms with Gasteiger partial charge in [0, 0.05) is 49.6 Å². The molecule has 0 amide bonds. The zero-order valence-corrected chi connectivity index (χ0v) is 18.9. The van der Waals surface area contributed by atoms with Crippen molar-refractivity contribution >= 4 is 22.4 Å². The van der Waals surface area contributed by atoms with Crippen molar-refractivity contribution in [1.82, 2.24) is 19.6 Å². The van der Waals surface area contributed by atoms with Crippen LogP contribution in [0.25, 0.3) is 22.2 Å². The summed E-state index contributed by atoms with van der Waals surface area (Å²) >= 11 is 6.48. The van der Waals surface area contributed by atoms with Crippen molar-refractivity contribution in [3.63, 3.8) is 0 Å². The molecule has 33 heavy (non-hydrogen) atoms. The number of fused-ring (bicyclic) bond motifs is 1. The molecule has 3 aromatic rings. The highest BCUT2D eigenvalue weighted by molar-refractivity contribution is 6.36. The molecule has 1 N–H and O–H groups in total. The Bertz CT molecular complexity index is 1130. The second-order valence-corrected chi connectivity index (χ2v) is 9.70. The first-order chi connectivity index (χ1) is 15.8. The normalized spacial score (nSPS) is 20.6. The molecule has 0 spiro atoms. The molecule has 1 saturated heterocycles. The Balaban J connectivity index is 1.33. The molecule has 178 valence electrons. The summed E-state index contributed by atoms with van der Waals surface area (Å²) in [6.45, 7) is 2.24. The Morgan fingerprint density at radius 3 is 2.61 bits per heavy atom. The average molecular weight is 483 g/mol. The van der Waals surface area contributed by atoms with Gasteiger partial charge < -0.3 is 14.2 Å². The third kappa shape index (κ3) is 4.84. The fraction of sp³-hybridized carbons (Fsp3) is 0.565. The monoisotopic (exact) mass is 482 g/mol. The van der Waals surface area contributed by atoms with Crippen molar-refractivity contribution in [2.45, 2.75) is 63.7 Å². The maximum atomic E-state index is 13.5. The van der Waals surface area contributed by atoms with Gasteiger partial charge >= 0.3 is 0 Å². The van der Waals surface area contributed by atoms with E-state index in [1.54, 1.807) is 16.8 Å². The van der Waals surface area contributed by atoms with Crippen LogP contribution in [0.2, 0.25) is 5.02 Å². The maximum Gasteiger partial charge on any atom is 0.248 e. The van der Waals surface area contributed by atoms with Gasteiger partial charge in [0.1, 0.15) is 6.17 Å². The van der Waals surface area contributed by atoms with E-state index in [1.807, 2.05) is 6.07 Å². The van der Waals surface area contributed by atoms with E-state index in [0.717, 1.165) is 0 Å². The minimum Gasteiger partial charge on any atom is -0.494 e. The van der Waals surface area contributed by atoms with Gasteiger partial charge in [0.15, 0.2) is 0 Å². The molecule has 1 aliphatic carbocycles. The number of alkyl halides is 3.